The van der Waals surface area contributed by atoms with Crippen molar-refractivity contribution < 1.29 is 9.80 Å². The first-order valence-corrected chi connectivity index (χ1v) is 3.30. The van der Waals surface area contributed by atoms with Crippen molar-refractivity contribution >= 4 is 0 Å². The zero-order valence-corrected chi connectivity index (χ0v) is 6.97. The van der Waals surface area contributed by atoms with Crippen molar-refractivity contribution in [3.8, 4) is 0 Å². The van der Waals surface area contributed by atoms with E-state index < -0.39 is 5.72 Å². The fourth-order valence-electron chi connectivity index (χ4n) is 0.321. The normalized spacial score (nSPS) is 15.7. The van der Waals surface area contributed by atoms with Gasteiger partial charge in [0.1, 0.15) is 0 Å². The zero-order chi connectivity index (χ0) is 8.20. The van der Waals surface area contributed by atoms with Crippen LogP contribution in [0, 0.1) is 5.21 Å². The fourth-order valence-corrected chi connectivity index (χ4v) is 0.321. The van der Waals surface area contributed by atoms with Crippen molar-refractivity contribution in [2.75, 3.05) is 7.05 Å². The number of nitrogens with one attached hydrogen (secondary N) is 1. The Kier molecular flexibility index (Phi) is 3.39. The summed E-state index contributed by atoms with van der Waals surface area (Å²) in [6.07, 6.45) is 3.28. The number of hydrogen-bond acceptors (Lipinski definition) is 2. The minimum Gasteiger partial charge on any atom is -0.632 e. The Morgan fingerprint density at radius 1 is 1.50 bits per heavy atom. The molecule has 0 bridgehead atoms. The van der Waals surface area contributed by atoms with Gasteiger partial charge in [-0.2, -0.15) is 0 Å². The van der Waals surface area contributed by atoms with Crippen molar-refractivity contribution in [3.05, 3.63) is 17.5 Å². The van der Waals surface area contributed by atoms with E-state index in [0.29, 0.717) is 0 Å². The number of hydrogen-bond donors (Lipinski definition) is 1. The highest BCUT2D eigenvalue weighted by atomic mass is 16.6. The maximum atomic E-state index is 10.8. The largest absolute Gasteiger partial charge is 0.632 e. The van der Waals surface area contributed by atoms with E-state index in [1.165, 1.54) is 13.3 Å². The van der Waals surface area contributed by atoms with E-state index in [0.717, 1.165) is 0 Å². The van der Waals surface area contributed by atoms with E-state index in [1.807, 2.05) is 6.92 Å². The number of quaternary nitrogens is 1. The van der Waals surface area contributed by atoms with Crippen LogP contribution in [0.25, 0.3) is 0 Å². The van der Waals surface area contributed by atoms with Crippen LogP contribution in [0.5, 0.6) is 0 Å². The molecule has 0 aromatic heterocycles. The first kappa shape index (κ1) is 9.46. The second-order valence-corrected chi connectivity index (χ2v) is 2.65. The van der Waals surface area contributed by atoms with Gasteiger partial charge in [-0.25, -0.2) is 0 Å². The second kappa shape index (κ2) is 3.58. The lowest BCUT2D eigenvalue weighted by Gasteiger charge is -2.33. The summed E-state index contributed by atoms with van der Waals surface area (Å²) in [6.45, 7) is 5.33. The molecule has 3 heteroatoms. The number of hydroxylamine groups is 2. The smallest absolute Gasteiger partial charge is 0.234 e. The third-order valence-corrected chi connectivity index (χ3v) is 1.35. The van der Waals surface area contributed by atoms with Crippen LogP contribution in [0.1, 0.15) is 20.8 Å². The van der Waals surface area contributed by atoms with Crippen LogP contribution in [0.2, 0.25) is 0 Å². The average molecular weight is 145 g/mol. The molecule has 0 saturated heterocycles. The van der Waals surface area contributed by atoms with Crippen molar-refractivity contribution in [1.29, 1.82) is 0 Å². The van der Waals surface area contributed by atoms with Gasteiger partial charge in [0.15, 0.2) is 0 Å². The van der Waals surface area contributed by atoms with Gasteiger partial charge in [-0.1, -0.05) is 6.08 Å². The monoisotopic (exact) mass is 145 g/mol. The fraction of sp³-hybridized carbons (Fsp3) is 0.714. The van der Waals surface area contributed by atoms with Crippen LogP contribution in [-0.2, 0) is 4.74 Å². The molecule has 0 aliphatic heterocycles. The highest BCUT2D eigenvalue weighted by Gasteiger charge is 2.21. The first-order valence-electron chi connectivity index (χ1n) is 3.30. The molecule has 0 spiro atoms. The molecule has 0 fully saturated rings. The summed E-state index contributed by atoms with van der Waals surface area (Å²) in [5.74, 6) is 0. The molecular weight excluding hydrogens is 130 g/mol. The molecule has 60 valence electrons. The molecule has 0 heterocycles. The van der Waals surface area contributed by atoms with Gasteiger partial charge in [0, 0.05) is 13.8 Å². The molecule has 0 saturated carbocycles. The van der Waals surface area contributed by atoms with Crippen LogP contribution in [0.15, 0.2) is 12.3 Å². The van der Waals surface area contributed by atoms with Crippen LogP contribution in [0.4, 0.5) is 0 Å². The molecule has 0 aliphatic carbocycles. The average Bonchev–Trinajstić information content (AvgIpc) is 1.84. The van der Waals surface area contributed by atoms with E-state index in [2.05, 4.69) is 0 Å². The van der Waals surface area contributed by atoms with Crippen molar-refractivity contribution in [3.63, 3.8) is 0 Å². The minimum atomic E-state index is -0.674. The van der Waals surface area contributed by atoms with E-state index >= 15 is 0 Å². The van der Waals surface area contributed by atoms with Gasteiger partial charge in [-0.15, -0.1) is 0 Å². The number of ether oxygens (including phenoxy) is 1. The molecule has 0 amide bonds. The molecule has 0 aliphatic rings. The zero-order valence-electron chi connectivity index (χ0n) is 6.97. The third kappa shape index (κ3) is 2.85. The van der Waals surface area contributed by atoms with Gasteiger partial charge in [-0.05, 0) is 6.92 Å². The quantitative estimate of drug-likeness (QED) is 0.352. The molecule has 1 atom stereocenters. The van der Waals surface area contributed by atoms with Crippen molar-refractivity contribution in [2.24, 2.45) is 0 Å². The Bertz CT molecular complexity index is 119. The molecule has 0 aromatic rings. The standard InChI is InChI=1S/C7H15NO2/c1-5-6-10-7(2,3)8(4)9/h5-6,8H,1-4H3/b6-5+. The van der Waals surface area contributed by atoms with Crippen molar-refractivity contribution in [2.45, 2.75) is 26.5 Å². The predicted octanol–water partition coefficient (Wildman–Crippen LogP) is 0.285. The van der Waals surface area contributed by atoms with Crippen LogP contribution in [0.3, 0.4) is 0 Å². The lowest BCUT2D eigenvalue weighted by Crippen LogP contribution is -3.12. The molecule has 0 radical (unpaired) electrons. The van der Waals surface area contributed by atoms with Gasteiger partial charge < -0.3 is 15.0 Å². The summed E-state index contributed by atoms with van der Waals surface area (Å²) in [7, 11) is 1.52. The Hall–Kier alpha value is -0.540. The number of allylic oxidation sites excluding steroid dienone is 1. The summed E-state index contributed by atoms with van der Waals surface area (Å²) in [5.41, 5.74) is -0.674. The van der Waals surface area contributed by atoms with Gasteiger partial charge in [0.05, 0.1) is 13.3 Å². The minimum absolute atomic E-state index is 0.0330. The number of rotatable bonds is 3. The summed E-state index contributed by atoms with van der Waals surface area (Å²) >= 11 is 0. The van der Waals surface area contributed by atoms with E-state index in [-0.39, 0.29) is 5.06 Å². The van der Waals surface area contributed by atoms with Crippen LogP contribution < -0.4 is 5.06 Å². The van der Waals surface area contributed by atoms with Crippen LogP contribution in [-0.4, -0.2) is 12.8 Å². The summed E-state index contributed by atoms with van der Waals surface area (Å²) in [5, 5.41) is 10.8. The Balaban J connectivity index is 3.86. The summed E-state index contributed by atoms with van der Waals surface area (Å²) in [4.78, 5) is 0. The molecule has 3 nitrogen and oxygen atoms in total. The van der Waals surface area contributed by atoms with Gasteiger partial charge >= 0.3 is 0 Å². The maximum Gasteiger partial charge on any atom is 0.234 e. The van der Waals surface area contributed by atoms with E-state index in [4.69, 9.17) is 4.74 Å². The third-order valence-electron chi connectivity index (χ3n) is 1.35. The molecule has 0 aromatic carbocycles. The van der Waals surface area contributed by atoms with Gasteiger partial charge in [0.25, 0.3) is 0 Å². The summed E-state index contributed by atoms with van der Waals surface area (Å²) in [6, 6.07) is 0. The Morgan fingerprint density at radius 2 is 2.00 bits per heavy atom. The maximum absolute atomic E-state index is 10.8. The van der Waals surface area contributed by atoms with Crippen molar-refractivity contribution in [1.82, 2.24) is 0 Å². The van der Waals surface area contributed by atoms with E-state index in [1.54, 1.807) is 19.9 Å². The van der Waals surface area contributed by atoms with Gasteiger partial charge in [-0.3, -0.25) is 0 Å². The Morgan fingerprint density at radius 3 is 2.30 bits per heavy atom. The lowest BCUT2D eigenvalue weighted by atomic mass is 10.3. The molecule has 0 rings (SSSR count). The highest BCUT2D eigenvalue weighted by Crippen LogP contribution is 1.98. The lowest BCUT2D eigenvalue weighted by molar-refractivity contribution is -0.908. The molecule has 1 N–H and O–H groups in total. The molecule has 1 unspecified atom stereocenters. The molecule has 10 heavy (non-hydrogen) atoms. The van der Waals surface area contributed by atoms with E-state index in [9.17, 15) is 5.21 Å². The SMILES string of the molecule is C/C=C/OC(C)(C)[NH+](C)[O-]. The first-order chi connectivity index (χ1) is 4.50. The second-order valence-electron chi connectivity index (χ2n) is 2.65. The topological polar surface area (TPSA) is 36.7 Å². The molecular formula is C7H15NO2. The van der Waals surface area contributed by atoms with Gasteiger partial charge in [0.2, 0.25) is 5.72 Å². The Labute approximate surface area is 61.9 Å². The van der Waals surface area contributed by atoms with Crippen LogP contribution >= 0.6 is 0 Å². The highest BCUT2D eigenvalue weighted by molar-refractivity contribution is 4.68. The predicted molar refractivity (Wildman–Crippen MR) is 40.2 cm³/mol. The summed E-state index contributed by atoms with van der Waals surface area (Å²) < 4.78 is 5.11.